The predicted octanol–water partition coefficient (Wildman–Crippen LogP) is 3.99. The third kappa shape index (κ3) is 2.53. The average molecular weight is 366 g/mol. The van der Waals surface area contributed by atoms with E-state index in [1.54, 1.807) is 16.9 Å². The Kier molecular flexibility index (Phi) is 3.25. The van der Waals surface area contributed by atoms with Crippen LogP contribution in [-0.4, -0.2) is 25.7 Å². The quantitative estimate of drug-likeness (QED) is 0.546. The zero-order valence-corrected chi connectivity index (χ0v) is 14.5. The largest absolute Gasteiger partial charge is 0.328 e. The molecule has 1 aliphatic carbocycles. The summed E-state index contributed by atoms with van der Waals surface area (Å²) in [4.78, 5) is 19.8. The van der Waals surface area contributed by atoms with E-state index in [1.807, 2.05) is 31.4 Å². The number of halogens is 2. The highest BCUT2D eigenvalue weighted by molar-refractivity contribution is 6.07. The molecule has 0 radical (unpaired) electrons. The monoisotopic (exact) mass is 366 g/mol. The molecule has 1 fully saturated rings. The van der Waals surface area contributed by atoms with Crippen molar-refractivity contribution in [2.45, 2.75) is 24.7 Å². The lowest BCUT2D eigenvalue weighted by molar-refractivity contribution is -0.0872. The molecule has 1 N–H and O–H groups in total. The second-order valence-corrected chi connectivity index (χ2v) is 7.19. The smallest absolute Gasteiger partial charge is 0.258 e. The van der Waals surface area contributed by atoms with Crippen LogP contribution in [-0.2, 0) is 7.05 Å². The molecular weight excluding hydrogens is 350 g/mol. The number of rotatable bonds is 2. The lowest BCUT2D eigenvalue weighted by atomic mass is 9.77. The first kappa shape index (κ1) is 16.1. The van der Waals surface area contributed by atoms with E-state index in [0.717, 1.165) is 21.9 Å². The van der Waals surface area contributed by atoms with Crippen LogP contribution in [0.4, 0.5) is 8.78 Å². The van der Waals surface area contributed by atoms with Gasteiger partial charge in [0.2, 0.25) is 5.92 Å². The molecule has 3 aromatic heterocycles. The van der Waals surface area contributed by atoms with Crippen molar-refractivity contribution in [1.82, 2.24) is 19.7 Å². The molecule has 7 heteroatoms. The molecule has 0 bridgehead atoms. The van der Waals surface area contributed by atoms with E-state index in [9.17, 15) is 13.6 Å². The van der Waals surface area contributed by atoms with Crippen molar-refractivity contribution in [1.29, 1.82) is 0 Å². The lowest BCUT2D eigenvalue weighted by Gasteiger charge is -2.35. The fraction of sp³-hybridized carbons (Fsp3) is 0.250. The fourth-order valence-electron chi connectivity index (χ4n) is 3.90. The number of hydrogen-bond acceptors (Lipinski definition) is 3. The summed E-state index contributed by atoms with van der Waals surface area (Å²) < 4.78 is 28.6. The second kappa shape index (κ2) is 5.45. The van der Waals surface area contributed by atoms with Gasteiger partial charge in [0.15, 0.2) is 0 Å². The first-order valence-corrected chi connectivity index (χ1v) is 8.73. The molecule has 136 valence electrons. The topological polar surface area (TPSA) is 63.6 Å². The van der Waals surface area contributed by atoms with Gasteiger partial charge in [0.25, 0.3) is 5.56 Å². The molecule has 0 aliphatic heterocycles. The average Bonchev–Trinajstić information content (AvgIpc) is 3.05. The Hall–Kier alpha value is -3.09. The molecule has 0 spiro atoms. The SMILES string of the molecule is Cn1cc(-c2ccc3c(C4CC(F)(F)C4)nc4cc[nH]c(=O)c4c3c2)cn1. The Balaban J connectivity index is 1.80. The van der Waals surface area contributed by atoms with Gasteiger partial charge in [-0.25, -0.2) is 8.78 Å². The first-order chi connectivity index (χ1) is 12.9. The van der Waals surface area contributed by atoms with E-state index in [1.165, 1.54) is 6.20 Å². The Morgan fingerprint density at radius 1 is 1.19 bits per heavy atom. The van der Waals surface area contributed by atoms with Gasteiger partial charge in [0, 0.05) is 49.2 Å². The van der Waals surface area contributed by atoms with Gasteiger partial charge in [0.05, 0.1) is 22.8 Å². The van der Waals surface area contributed by atoms with Crippen molar-refractivity contribution < 1.29 is 8.78 Å². The molecule has 5 nitrogen and oxygen atoms in total. The molecule has 4 aromatic rings. The van der Waals surface area contributed by atoms with E-state index in [-0.39, 0.29) is 24.3 Å². The molecule has 1 aromatic carbocycles. The highest BCUT2D eigenvalue weighted by atomic mass is 19.3. The van der Waals surface area contributed by atoms with Crippen molar-refractivity contribution in [3.05, 3.63) is 58.9 Å². The number of pyridine rings is 2. The third-order valence-corrected chi connectivity index (χ3v) is 5.26. The maximum absolute atomic E-state index is 13.4. The zero-order valence-electron chi connectivity index (χ0n) is 14.5. The number of benzene rings is 1. The van der Waals surface area contributed by atoms with Crippen molar-refractivity contribution >= 4 is 21.7 Å². The Morgan fingerprint density at radius 3 is 2.70 bits per heavy atom. The molecule has 1 saturated carbocycles. The number of nitrogens with zero attached hydrogens (tertiary/aromatic N) is 3. The molecule has 1 aliphatic rings. The molecule has 5 rings (SSSR count). The minimum Gasteiger partial charge on any atom is -0.328 e. The summed E-state index contributed by atoms with van der Waals surface area (Å²) in [5, 5.41) is 6.16. The van der Waals surface area contributed by atoms with Crippen LogP contribution < -0.4 is 5.56 Å². The summed E-state index contributed by atoms with van der Waals surface area (Å²) in [7, 11) is 1.84. The predicted molar refractivity (Wildman–Crippen MR) is 99.0 cm³/mol. The highest BCUT2D eigenvalue weighted by Crippen LogP contribution is 2.49. The van der Waals surface area contributed by atoms with Gasteiger partial charge < -0.3 is 4.98 Å². The van der Waals surface area contributed by atoms with Crippen LogP contribution in [0.3, 0.4) is 0 Å². The number of hydrogen-bond donors (Lipinski definition) is 1. The number of H-pyrrole nitrogens is 1. The zero-order chi connectivity index (χ0) is 18.8. The summed E-state index contributed by atoms with van der Waals surface area (Å²) in [5.74, 6) is -2.92. The van der Waals surface area contributed by atoms with Crippen LogP contribution in [0.15, 0.2) is 47.7 Å². The van der Waals surface area contributed by atoms with Crippen molar-refractivity contribution in [2.24, 2.45) is 7.05 Å². The Morgan fingerprint density at radius 2 is 2.00 bits per heavy atom. The van der Waals surface area contributed by atoms with Crippen molar-refractivity contribution in [2.75, 3.05) is 0 Å². The van der Waals surface area contributed by atoms with Gasteiger partial charge in [0.1, 0.15) is 0 Å². The first-order valence-electron chi connectivity index (χ1n) is 8.73. The van der Waals surface area contributed by atoms with Crippen LogP contribution in [0.1, 0.15) is 24.5 Å². The Labute approximate surface area is 152 Å². The standard InChI is InChI=1S/C20H16F2N4O/c1-26-10-13(9-24-26)11-2-3-14-15(6-11)17-16(4-5-23-19(17)27)25-18(14)12-7-20(21,22)8-12/h2-6,9-10,12H,7-8H2,1H3,(H,23,27). The molecule has 27 heavy (non-hydrogen) atoms. The fourth-order valence-corrected chi connectivity index (χ4v) is 3.90. The molecule has 3 heterocycles. The van der Waals surface area contributed by atoms with Gasteiger partial charge in [-0.3, -0.25) is 14.5 Å². The van der Waals surface area contributed by atoms with E-state index >= 15 is 0 Å². The van der Waals surface area contributed by atoms with Crippen LogP contribution >= 0.6 is 0 Å². The molecule has 0 amide bonds. The van der Waals surface area contributed by atoms with E-state index < -0.39 is 5.92 Å². The van der Waals surface area contributed by atoms with Gasteiger partial charge in [-0.1, -0.05) is 12.1 Å². The van der Waals surface area contributed by atoms with Gasteiger partial charge >= 0.3 is 0 Å². The third-order valence-electron chi connectivity index (χ3n) is 5.26. The Bertz CT molecular complexity index is 1250. The normalized spacial score (nSPS) is 16.7. The van der Waals surface area contributed by atoms with E-state index in [2.05, 4.69) is 15.1 Å². The van der Waals surface area contributed by atoms with Crippen LogP contribution in [0, 0.1) is 0 Å². The van der Waals surface area contributed by atoms with Crippen LogP contribution in [0.2, 0.25) is 0 Å². The van der Waals surface area contributed by atoms with E-state index in [0.29, 0.717) is 16.6 Å². The van der Waals surface area contributed by atoms with E-state index in [4.69, 9.17) is 0 Å². The number of nitrogens with one attached hydrogen (secondary N) is 1. The number of aromatic nitrogens is 4. The lowest BCUT2D eigenvalue weighted by Crippen LogP contribution is -2.34. The minimum atomic E-state index is -2.63. The summed E-state index contributed by atoms with van der Waals surface area (Å²) in [6.07, 6.45) is 4.78. The summed E-state index contributed by atoms with van der Waals surface area (Å²) in [5.41, 5.74) is 2.77. The highest BCUT2D eigenvalue weighted by Gasteiger charge is 2.47. The minimum absolute atomic E-state index is 0.200. The number of aryl methyl sites for hydroxylation is 1. The molecule has 0 atom stereocenters. The number of alkyl halides is 2. The van der Waals surface area contributed by atoms with Crippen molar-refractivity contribution in [3.8, 4) is 11.1 Å². The summed E-state index contributed by atoms with van der Waals surface area (Å²) in [6, 6.07) is 7.44. The summed E-state index contributed by atoms with van der Waals surface area (Å²) in [6.45, 7) is 0. The van der Waals surface area contributed by atoms with Crippen LogP contribution in [0.25, 0.3) is 32.8 Å². The number of fused-ring (bicyclic) bond motifs is 3. The van der Waals surface area contributed by atoms with Crippen molar-refractivity contribution in [3.63, 3.8) is 0 Å². The second-order valence-electron chi connectivity index (χ2n) is 7.19. The van der Waals surface area contributed by atoms with Gasteiger partial charge in [-0.05, 0) is 23.1 Å². The van der Waals surface area contributed by atoms with Gasteiger partial charge in [-0.2, -0.15) is 5.10 Å². The number of aromatic amines is 1. The molecule has 0 unspecified atom stereocenters. The maximum Gasteiger partial charge on any atom is 0.258 e. The van der Waals surface area contributed by atoms with Gasteiger partial charge in [-0.15, -0.1) is 0 Å². The summed E-state index contributed by atoms with van der Waals surface area (Å²) >= 11 is 0. The molecular formula is C20H16F2N4O. The molecule has 0 saturated heterocycles. The van der Waals surface area contributed by atoms with Crippen LogP contribution in [0.5, 0.6) is 0 Å². The maximum atomic E-state index is 13.4.